The van der Waals surface area contributed by atoms with Crippen molar-refractivity contribution in [2.24, 2.45) is 0 Å². The van der Waals surface area contributed by atoms with Crippen LogP contribution in [0.1, 0.15) is 20.8 Å². The molecule has 0 heterocycles. The number of halogens is 3. The van der Waals surface area contributed by atoms with Crippen molar-refractivity contribution in [3.8, 4) is 0 Å². The molecule has 0 aromatic heterocycles. The standard InChI is InChI=1S/C10H13F3O2/c1-4-15-9(14)6-8(5-7(2)3)10(11,12)13/h5-6H,4H2,1-3H3/b8-6+. The Balaban J connectivity index is 4.95. The van der Waals surface area contributed by atoms with Gasteiger partial charge in [-0.3, -0.25) is 0 Å². The molecular formula is C10H13F3O2. The largest absolute Gasteiger partial charge is 0.463 e. The number of rotatable bonds is 3. The van der Waals surface area contributed by atoms with E-state index in [2.05, 4.69) is 4.74 Å². The summed E-state index contributed by atoms with van der Waals surface area (Å²) in [6.07, 6.45) is -3.18. The Bertz CT molecular complexity index is 284. The van der Waals surface area contributed by atoms with Gasteiger partial charge in [0.2, 0.25) is 0 Å². The van der Waals surface area contributed by atoms with E-state index in [1.165, 1.54) is 20.8 Å². The first-order valence-corrected chi connectivity index (χ1v) is 4.38. The van der Waals surface area contributed by atoms with Gasteiger partial charge in [0.1, 0.15) is 0 Å². The van der Waals surface area contributed by atoms with Crippen molar-refractivity contribution in [2.75, 3.05) is 6.61 Å². The van der Waals surface area contributed by atoms with Crippen LogP contribution in [0.25, 0.3) is 0 Å². The molecule has 0 saturated heterocycles. The van der Waals surface area contributed by atoms with Crippen molar-refractivity contribution >= 4 is 5.97 Å². The molecule has 0 N–H and O–H groups in total. The summed E-state index contributed by atoms with van der Waals surface area (Å²) in [5.41, 5.74) is -0.538. The van der Waals surface area contributed by atoms with Crippen molar-refractivity contribution in [1.82, 2.24) is 0 Å². The van der Waals surface area contributed by atoms with Crippen LogP contribution >= 0.6 is 0 Å². The van der Waals surface area contributed by atoms with Crippen LogP contribution in [0, 0.1) is 0 Å². The molecule has 2 nitrogen and oxygen atoms in total. The lowest BCUT2D eigenvalue weighted by Gasteiger charge is -2.08. The molecule has 0 unspecified atom stereocenters. The van der Waals surface area contributed by atoms with E-state index < -0.39 is 17.7 Å². The molecule has 0 aromatic carbocycles. The third-order valence-corrected chi connectivity index (χ3v) is 1.33. The summed E-state index contributed by atoms with van der Waals surface area (Å²) in [7, 11) is 0. The van der Waals surface area contributed by atoms with Crippen molar-refractivity contribution in [3.05, 3.63) is 23.3 Å². The Morgan fingerprint density at radius 3 is 2.13 bits per heavy atom. The highest BCUT2D eigenvalue weighted by Crippen LogP contribution is 2.27. The molecule has 0 saturated carbocycles. The second kappa shape index (κ2) is 5.58. The van der Waals surface area contributed by atoms with Crippen LogP contribution in [0.4, 0.5) is 13.2 Å². The molecule has 0 bridgehead atoms. The molecule has 0 aliphatic heterocycles. The minimum absolute atomic E-state index is 0.0509. The zero-order valence-electron chi connectivity index (χ0n) is 8.81. The highest BCUT2D eigenvalue weighted by atomic mass is 19.4. The fourth-order valence-electron chi connectivity index (χ4n) is 0.827. The summed E-state index contributed by atoms with van der Waals surface area (Å²) in [6, 6.07) is 0. The average molecular weight is 222 g/mol. The molecule has 0 amide bonds. The van der Waals surface area contributed by atoms with Crippen LogP contribution in [0.2, 0.25) is 0 Å². The molecule has 0 aliphatic carbocycles. The van der Waals surface area contributed by atoms with Gasteiger partial charge in [-0.25, -0.2) is 4.79 Å². The first-order valence-electron chi connectivity index (χ1n) is 4.38. The number of carbonyl (C=O) groups excluding carboxylic acids is 1. The molecule has 15 heavy (non-hydrogen) atoms. The van der Waals surface area contributed by atoms with Gasteiger partial charge in [-0.2, -0.15) is 13.2 Å². The van der Waals surface area contributed by atoms with Gasteiger partial charge in [0.05, 0.1) is 12.2 Å². The molecule has 86 valence electrons. The van der Waals surface area contributed by atoms with E-state index in [-0.39, 0.29) is 6.61 Å². The maximum Gasteiger partial charge on any atom is 0.416 e. The summed E-state index contributed by atoms with van der Waals surface area (Å²) in [5.74, 6) is -0.984. The predicted molar refractivity (Wildman–Crippen MR) is 50.2 cm³/mol. The Kier molecular flexibility index (Phi) is 5.11. The van der Waals surface area contributed by atoms with Crippen LogP contribution in [-0.4, -0.2) is 18.8 Å². The van der Waals surface area contributed by atoms with Crippen LogP contribution in [0.15, 0.2) is 23.3 Å². The number of ether oxygens (including phenoxy) is 1. The molecule has 0 atom stereocenters. The third kappa shape index (κ3) is 5.93. The number of hydrogen-bond donors (Lipinski definition) is 0. The topological polar surface area (TPSA) is 26.3 Å². The van der Waals surface area contributed by atoms with E-state index >= 15 is 0 Å². The smallest absolute Gasteiger partial charge is 0.416 e. The minimum Gasteiger partial charge on any atom is -0.463 e. The van der Waals surface area contributed by atoms with Gasteiger partial charge in [-0.1, -0.05) is 11.6 Å². The first-order chi connectivity index (χ1) is 6.77. The molecule has 0 spiro atoms. The van der Waals surface area contributed by atoms with Crippen molar-refractivity contribution in [2.45, 2.75) is 26.9 Å². The van der Waals surface area contributed by atoms with E-state index in [0.717, 1.165) is 6.08 Å². The molecule has 0 rings (SSSR count). The van der Waals surface area contributed by atoms with E-state index in [0.29, 0.717) is 11.6 Å². The highest BCUT2D eigenvalue weighted by Gasteiger charge is 2.32. The van der Waals surface area contributed by atoms with Crippen molar-refractivity contribution < 1.29 is 22.7 Å². The number of carbonyl (C=O) groups is 1. The summed E-state index contributed by atoms with van der Waals surface area (Å²) < 4.78 is 41.5. The second-order valence-corrected chi connectivity index (χ2v) is 3.07. The molecule has 0 radical (unpaired) electrons. The van der Waals surface area contributed by atoms with E-state index in [1.54, 1.807) is 0 Å². The molecule has 0 fully saturated rings. The van der Waals surface area contributed by atoms with Crippen LogP contribution < -0.4 is 0 Å². The normalized spacial score (nSPS) is 12.3. The fraction of sp³-hybridized carbons (Fsp3) is 0.500. The SMILES string of the molecule is CCOC(=O)/C=C(\C=C(C)C)C(F)(F)F. The van der Waals surface area contributed by atoms with Gasteiger partial charge in [0.25, 0.3) is 0 Å². The van der Waals surface area contributed by atoms with E-state index in [9.17, 15) is 18.0 Å². The fourth-order valence-corrected chi connectivity index (χ4v) is 0.827. The molecule has 0 aromatic rings. The number of hydrogen-bond acceptors (Lipinski definition) is 2. The van der Waals surface area contributed by atoms with Gasteiger partial charge >= 0.3 is 12.1 Å². The minimum atomic E-state index is -4.54. The number of alkyl halides is 3. The van der Waals surface area contributed by atoms with E-state index in [4.69, 9.17) is 0 Å². The Morgan fingerprint density at radius 1 is 1.27 bits per heavy atom. The lowest BCUT2D eigenvalue weighted by atomic mass is 10.1. The van der Waals surface area contributed by atoms with E-state index in [1.807, 2.05) is 0 Å². The Morgan fingerprint density at radius 2 is 1.80 bits per heavy atom. The first kappa shape index (κ1) is 13.7. The average Bonchev–Trinajstić information content (AvgIpc) is 2.00. The van der Waals surface area contributed by atoms with Crippen LogP contribution in [0.5, 0.6) is 0 Å². The van der Waals surface area contributed by atoms with Gasteiger partial charge in [0.15, 0.2) is 0 Å². The van der Waals surface area contributed by atoms with Gasteiger partial charge in [-0.15, -0.1) is 0 Å². The molecule has 0 aliphatic rings. The monoisotopic (exact) mass is 222 g/mol. The van der Waals surface area contributed by atoms with Crippen molar-refractivity contribution in [3.63, 3.8) is 0 Å². The zero-order valence-corrected chi connectivity index (χ0v) is 8.81. The predicted octanol–water partition coefficient (Wildman–Crippen LogP) is 3.00. The van der Waals surface area contributed by atoms with Gasteiger partial charge < -0.3 is 4.74 Å². The van der Waals surface area contributed by atoms with Crippen LogP contribution in [0.3, 0.4) is 0 Å². The summed E-state index contributed by atoms with van der Waals surface area (Å²) in [5, 5.41) is 0. The zero-order chi connectivity index (χ0) is 12.1. The molecular weight excluding hydrogens is 209 g/mol. The van der Waals surface area contributed by atoms with Crippen molar-refractivity contribution in [1.29, 1.82) is 0 Å². The Hall–Kier alpha value is -1.26. The van der Waals surface area contributed by atoms with Gasteiger partial charge in [0, 0.05) is 6.08 Å². The summed E-state index contributed by atoms with van der Waals surface area (Å²) in [6.45, 7) is 4.62. The Labute approximate surface area is 86.4 Å². The number of allylic oxidation sites excluding steroid dienone is 3. The third-order valence-electron chi connectivity index (χ3n) is 1.33. The number of esters is 1. The highest BCUT2D eigenvalue weighted by molar-refractivity contribution is 5.83. The maximum atomic E-state index is 12.4. The summed E-state index contributed by atoms with van der Waals surface area (Å²) in [4.78, 5) is 10.9. The summed E-state index contributed by atoms with van der Waals surface area (Å²) >= 11 is 0. The lowest BCUT2D eigenvalue weighted by Crippen LogP contribution is -2.13. The van der Waals surface area contributed by atoms with Gasteiger partial charge in [-0.05, 0) is 20.8 Å². The second-order valence-electron chi connectivity index (χ2n) is 3.07. The molecule has 5 heteroatoms. The maximum absolute atomic E-state index is 12.4. The van der Waals surface area contributed by atoms with Crippen LogP contribution in [-0.2, 0) is 9.53 Å². The quantitative estimate of drug-likeness (QED) is 0.417. The lowest BCUT2D eigenvalue weighted by molar-refractivity contribution is -0.138.